The van der Waals surface area contributed by atoms with Gasteiger partial charge in [0, 0.05) is 33.4 Å². The summed E-state index contributed by atoms with van der Waals surface area (Å²) in [6, 6.07) is 3.62. The van der Waals surface area contributed by atoms with Gasteiger partial charge < -0.3 is 15.3 Å². The minimum Gasteiger partial charge on any atom is -0.396 e. The summed E-state index contributed by atoms with van der Waals surface area (Å²) < 4.78 is 0. The zero-order valence-corrected chi connectivity index (χ0v) is 12.2. The number of hydrogen-bond donors (Lipinski definition) is 2. The van der Waals surface area contributed by atoms with E-state index in [2.05, 4.69) is 10.3 Å². The lowest BCUT2D eigenvalue weighted by Crippen LogP contribution is -2.31. The predicted octanol–water partition coefficient (Wildman–Crippen LogP) is 1.29. The minimum atomic E-state index is -0.0913. The Labute approximate surface area is 120 Å². The van der Waals surface area contributed by atoms with Gasteiger partial charge in [0.25, 0.3) is 5.91 Å². The van der Waals surface area contributed by atoms with E-state index in [0.717, 1.165) is 25.1 Å². The molecule has 0 aromatic carbocycles. The van der Waals surface area contributed by atoms with Crippen LogP contribution in [0.2, 0.25) is 0 Å². The number of nitrogens with zero attached hydrogens (tertiary/aromatic N) is 2. The third kappa shape index (κ3) is 3.48. The van der Waals surface area contributed by atoms with Gasteiger partial charge in [0.1, 0.15) is 5.82 Å². The van der Waals surface area contributed by atoms with E-state index in [1.165, 1.54) is 0 Å². The third-order valence-corrected chi connectivity index (χ3v) is 4.04. The Morgan fingerprint density at radius 1 is 1.40 bits per heavy atom. The molecule has 5 heteroatoms. The van der Waals surface area contributed by atoms with Crippen LogP contribution in [0.25, 0.3) is 0 Å². The van der Waals surface area contributed by atoms with Gasteiger partial charge in [-0.2, -0.15) is 0 Å². The lowest BCUT2D eigenvalue weighted by molar-refractivity contribution is 0.0937. The molecule has 1 aromatic rings. The van der Waals surface area contributed by atoms with Crippen LogP contribution in [-0.2, 0) is 0 Å². The van der Waals surface area contributed by atoms with Crippen LogP contribution in [-0.4, -0.2) is 43.2 Å². The number of hydrogen-bond acceptors (Lipinski definition) is 4. The SMILES string of the molecule is CN(C)c1ccc(C(=O)NCC2CCCC2CO)cn1. The molecule has 1 amide bonds. The summed E-state index contributed by atoms with van der Waals surface area (Å²) in [5.41, 5.74) is 0.578. The van der Waals surface area contributed by atoms with Crippen molar-refractivity contribution in [1.82, 2.24) is 10.3 Å². The normalized spacial score (nSPS) is 21.8. The van der Waals surface area contributed by atoms with Crippen molar-refractivity contribution in [2.45, 2.75) is 19.3 Å². The summed E-state index contributed by atoms with van der Waals surface area (Å²) in [6.45, 7) is 0.860. The van der Waals surface area contributed by atoms with E-state index in [4.69, 9.17) is 0 Å². The highest BCUT2D eigenvalue weighted by atomic mass is 16.3. The van der Waals surface area contributed by atoms with Crippen molar-refractivity contribution in [1.29, 1.82) is 0 Å². The van der Waals surface area contributed by atoms with E-state index in [1.54, 1.807) is 12.3 Å². The fourth-order valence-electron chi connectivity index (χ4n) is 2.73. The Hall–Kier alpha value is -1.62. The lowest BCUT2D eigenvalue weighted by atomic mass is 9.97. The molecule has 1 aliphatic carbocycles. The Balaban J connectivity index is 1.88. The van der Waals surface area contributed by atoms with Gasteiger partial charge in [0.05, 0.1) is 5.56 Å². The first-order chi connectivity index (χ1) is 9.61. The van der Waals surface area contributed by atoms with Crippen LogP contribution in [0, 0.1) is 11.8 Å². The van der Waals surface area contributed by atoms with E-state index in [0.29, 0.717) is 23.9 Å². The molecule has 2 unspecified atom stereocenters. The highest BCUT2D eigenvalue weighted by Gasteiger charge is 2.26. The summed E-state index contributed by atoms with van der Waals surface area (Å²) >= 11 is 0. The second-order valence-corrected chi connectivity index (χ2v) is 5.64. The largest absolute Gasteiger partial charge is 0.396 e. The van der Waals surface area contributed by atoms with E-state index in [-0.39, 0.29) is 12.5 Å². The average molecular weight is 277 g/mol. The summed E-state index contributed by atoms with van der Waals surface area (Å²) in [5.74, 6) is 1.48. The van der Waals surface area contributed by atoms with Gasteiger partial charge in [-0.1, -0.05) is 6.42 Å². The first-order valence-corrected chi connectivity index (χ1v) is 7.14. The molecule has 5 nitrogen and oxygen atoms in total. The molecule has 0 radical (unpaired) electrons. The number of carbonyl (C=O) groups is 1. The smallest absolute Gasteiger partial charge is 0.252 e. The Bertz CT molecular complexity index is 445. The van der Waals surface area contributed by atoms with Crippen molar-refractivity contribution < 1.29 is 9.90 Å². The molecule has 20 heavy (non-hydrogen) atoms. The first kappa shape index (κ1) is 14.8. The maximum Gasteiger partial charge on any atom is 0.252 e. The molecule has 0 spiro atoms. The van der Waals surface area contributed by atoms with Crippen LogP contribution in [0.15, 0.2) is 18.3 Å². The van der Waals surface area contributed by atoms with Gasteiger partial charge in [-0.15, -0.1) is 0 Å². The van der Waals surface area contributed by atoms with Gasteiger partial charge in [-0.05, 0) is 36.8 Å². The van der Waals surface area contributed by atoms with Gasteiger partial charge in [0.2, 0.25) is 0 Å². The summed E-state index contributed by atoms with van der Waals surface area (Å²) in [7, 11) is 3.83. The molecular weight excluding hydrogens is 254 g/mol. The predicted molar refractivity (Wildman–Crippen MR) is 78.8 cm³/mol. The summed E-state index contributed by atoms with van der Waals surface area (Å²) in [4.78, 5) is 18.2. The Kier molecular flexibility index (Phi) is 4.95. The fraction of sp³-hybridized carbons (Fsp3) is 0.600. The van der Waals surface area contributed by atoms with Gasteiger partial charge in [-0.3, -0.25) is 4.79 Å². The molecule has 0 aliphatic heterocycles. The van der Waals surface area contributed by atoms with Crippen LogP contribution in [0.3, 0.4) is 0 Å². The van der Waals surface area contributed by atoms with Gasteiger partial charge in [-0.25, -0.2) is 4.98 Å². The summed E-state index contributed by atoms with van der Waals surface area (Å²) in [5, 5.41) is 12.2. The van der Waals surface area contributed by atoms with E-state index in [9.17, 15) is 9.90 Å². The van der Waals surface area contributed by atoms with Gasteiger partial charge in [0.15, 0.2) is 0 Å². The molecule has 1 heterocycles. The summed E-state index contributed by atoms with van der Waals surface area (Å²) in [6.07, 6.45) is 4.90. The van der Waals surface area contributed by atoms with E-state index in [1.807, 2.05) is 25.1 Å². The number of anilines is 1. The van der Waals surface area contributed by atoms with Crippen LogP contribution in [0.1, 0.15) is 29.6 Å². The molecule has 2 atom stereocenters. The van der Waals surface area contributed by atoms with Crippen LogP contribution >= 0.6 is 0 Å². The topological polar surface area (TPSA) is 65.5 Å². The molecule has 0 saturated heterocycles. The van der Waals surface area contributed by atoms with Crippen molar-refractivity contribution in [2.24, 2.45) is 11.8 Å². The standard InChI is InChI=1S/C15H23N3O2/c1-18(2)14-7-6-12(9-16-14)15(20)17-8-11-4-3-5-13(11)10-19/h6-7,9,11,13,19H,3-5,8,10H2,1-2H3,(H,17,20). The Morgan fingerprint density at radius 3 is 2.75 bits per heavy atom. The number of pyridine rings is 1. The first-order valence-electron chi connectivity index (χ1n) is 7.14. The zero-order valence-electron chi connectivity index (χ0n) is 12.2. The molecule has 1 saturated carbocycles. The number of aliphatic hydroxyl groups is 1. The number of amides is 1. The molecule has 2 rings (SSSR count). The van der Waals surface area contributed by atoms with E-state index >= 15 is 0 Å². The van der Waals surface area contributed by atoms with Crippen molar-refractivity contribution in [3.05, 3.63) is 23.9 Å². The highest BCUT2D eigenvalue weighted by Crippen LogP contribution is 2.30. The van der Waals surface area contributed by atoms with Crippen molar-refractivity contribution >= 4 is 11.7 Å². The van der Waals surface area contributed by atoms with Crippen LogP contribution in [0.5, 0.6) is 0 Å². The Morgan fingerprint density at radius 2 is 2.15 bits per heavy atom. The number of carbonyl (C=O) groups excluding carboxylic acids is 1. The van der Waals surface area contributed by atoms with E-state index < -0.39 is 0 Å². The van der Waals surface area contributed by atoms with Crippen molar-refractivity contribution in [3.8, 4) is 0 Å². The molecule has 2 N–H and O–H groups in total. The number of nitrogens with one attached hydrogen (secondary N) is 1. The quantitative estimate of drug-likeness (QED) is 0.851. The second kappa shape index (κ2) is 6.70. The molecule has 1 fully saturated rings. The number of rotatable bonds is 5. The average Bonchev–Trinajstić information content (AvgIpc) is 2.92. The lowest BCUT2D eigenvalue weighted by Gasteiger charge is -2.18. The maximum absolute atomic E-state index is 12.1. The minimum absolute atomic E-state index is 0.0913. The second-order valence-electron chi connectivity index (χ2n) is 5.64. The van der Waals surface area contributed by atoms with Gasteiger partial charge >= 0.3 is 0 Å². The third-order valence-electron chi connectivity index (χ3n) is 4.04. The molecule has 1 aromatic heterocycles. The zero-order chi connectivity index (χ0) is 14.5. The van der Waals surface area contributed by atoms with Crippen molar-refractivity contribution in [2.75, 3.05) is 32.1 Å². The van der Waals surface area contributed by atoms with Crippen molar-refractivity contribution in [3.63, 3.8) is 0 Å². The molecule has 110 valence electrons. The van der Waals surface area contributed by atoms with Crippen LogP contribution in [0.4, 0.5) is 5.82 Å². The maximum atomic E-state index is 12.1. The fourth-order valence-corrected chi connectivity index (χ4v) is 2.73. The highest BCUT2D eigenvalue weighted by molar-refractivity contribution is 5.94. The van der Waals surface area contributed by atoms with Crippen LogP contribution < -0.4 is 10.2 Å². The molecule has 0 bridgehead atoms. The molecular formula is C15H23N3O2. The number of aliphatic hydroxyl groups excluding tert-OH is 1. The monoisotopic (exact) mass is 277 g/mol. The molecule has 1 aliphatic rings. The number of aromatic nitrogens is 1.